The molecule has 1 saturated heterocycles. The summed E-state index contributed by atoms with van der Waals surface area (Å²) in [4.78, 5) is 18.6. The number of para-hydroxylation sites is 1. The Hall–Kier alpha value is -2.27. The quantitative estimate of drug-likeness (QED) is 0.741. The van der Waals surface area contributed by atoms with Crippen molar-refractivity contribution in [2.24, 2.45) is 0 Å². The van der Waals surface area contributed by atoms with E-state index in [2.05, 4.69) is 11.1 Å². The summed E-state index contributed by atoms with van der Waals surface area (Å²) < 4.78 is 5.40. The number of thioether (sulfide) groups is 1. The summed E-state index contributed by atoms with van der Waals surface area (Å²) in [5.74, 6) is 1.45. The summed E-state index contributed by atoms with van der Waals surface area (Å²) in [7, 11) is 0. The molecule has 0 radical (unpaired) electrons. The number of hydrogen-bond acceptors (Lipinski definition) is 4. The van der Waals surface area contributed by atoms with Crippen LogP contribution in [0.2, 0.25) is 0 Å². The van der Waals surface area contributed by atoms with Crippen LogP contribution in [0.15, 0.2) is 59.3 Å². The molecule has 1 unspecified atom stereocenters. The fraction of sp³-hybridized carbons (Fsp3) is 0.176. The van der Waals surface area contributed by atoms with E-state index in [1.54, 1.807) is 18.0 Å². The van der Waals surface area contributed by atoms with E-state index in [1.807, 2.05) is 47.5 Å². The summed E-state index contributed by atoms with van der Waals surface area (Å²) in [6, 6.07) is 13.8. The van der Waals surface area contributed by atoms with Crippen LogP contribution in [-0.4, -0.2) is 21.5 Å². The average molecular weight is 310 g/mol. The molecule has 4 nitrogen and oxygen atoms in total. The molecule has 0 aliphatic carbocycles. The Bertz CT molecular complexity index is 811. The van der Waals surface area contributed by atoms with Crippen LogP contribution in [0.25, 0.3) is 10.9 Å². The molecule has 1 atom stereocenters. The Kier molecular flexibility index (Phi) is 3.35. The van der Waals surface area contributed by atoms with Gasteiger partial charge >= 0.3 is 0 Å². The lowest BCUT2D eigenvalue weighted by Crippen LogP contribution is -2.27. The van der Waals surface area contributed by atoms with Crippen molar-refractivity contribution in [3.63, 3.8) is 0 Å². The van der Waals surface area contributed by atoms with E-state index in [0.717, 1.165) is 22.2 Å². The highest BCUT2D eigenvalue weighted by atomic mass is 32.2. The molecule has 5 heteroatoms. The molecule has 4 rings (SSSR count). The number of hydrogen-bond donors (Lipinski definition) is 0. The molecular weight excluding hydrogens is 296 g/mol. The summed E-state index contributed by atoms with van der Waals surface area (Å²) in [6.45, 7) is 0.500. The molecule has 1 aromatic carbocycles. The van der Waals surface area contributed by atoms with Gasteiger partial charge in [0.05, 0.1) is 24.1 Å². The van der Waals surface area contributed by atoms with E-state index in [0.29, 0.717) is 12.3 Å². The smallest absolute Gasteiger partial charge is 0.234 e. The molecule has 0 spiro atoms. The number of furan rings is 1. The Labute approximate surface area is 132 Å². The van der Waals surface area contributed by atoms with E-state index in [4.69, 9.17) is 4.42 Å². The SMILES string of the molecule is O=C1CSC(c2ccnc3ccccc23)N1Cc1ccco1. The van der Waals surface area contributed by atoms with E-state index in [1.165, 1.54) is 0 Å². The zero-order valence-corrected chi connectivity index (χ0v) is 12.6. The molecule has 110 valence electrons. The number of fused-ring (bicyclic) bond motifs is 1. The van der Waals surface area contributed by atoms with Crippen molar-refractivity contribution in [3.05, 3.63) is 66.2 Å². The molecule has 3 heterocycles. The third kappa shape index (κ3) is 2.27. The van der Waals surface area contributed by atoms with E-state index >= 15 is 0 Å². The highest BCUT2D eigenvalue weighted by Gasteiger charge is 2.34. The van der Waals surface area contributed by atoms with Gasteiger partial charge in [0.25, 0.3) is 0 Å². The molecule has 1 amide bonds. The minimum Gasteiger partial charge on any atom is -0.467 e. The second-order valence-electron chi connectivity index (χ2n) is 5.18. The van der Waals surface area contributed by atoms with E-state index < -0.39 is 0 Å². The van der Waals surface area contributed by atoms with Gasteiger partial charge in [0.15, 0.2) is 0 Å². The third-order valence-electron chi connectivity index (χ3n) is 3.82. The predicted octanol–water partition coefficient (Wildman–Crippen LogP) is 3.60. The van der Waals surface area contributed by atoms with Gasteiger partial charge < -0.3 is 9.32 Å². The van der Waals surface area contributed by atoms with Crippen molar-refractivity contribution >= 4 is 28.6 Å². The van der Waals surface area contributed by atoms with Crippen molar-refractivity contribution < 1.29 is 9.21 Å². The summed E-state index contributed by atoms with van der Waals surface area (Å²) >= 11 is 1.66. The standard InChI is InChI=1S/C17H14N2O2S/c20-16-11-22-17(19(16)10-12-4-3-9-21-12)14-7-8-18-15-6-2-1-5-13(14)15/h1-9,17H,10-11H2. The maximum atomic E-state index is 12.3. The molecule has 22 heavy (non-hydrogen) atoms. The number of carbonyl (C=O) groups excluding carboxylic acids is 1. The second-order valence-corrected chi connectivity index (χ2v) is 6.25. The number of pyridine rings is 1. The van der Waals surface area contributed by atoms with Gasteiger partial charge in [0.1, 0.15) is 11.1 Å². The van der Waals surface area contributed by atoms with Gasteiger partial charge in [-0.05, 0) is 29.8 Å². The van der Waals surface area contributed by atoms with Gasteiger partial charge in [-0.3, -0.25) is 9.78 Å². The van der Waals surface area contributed by atoms with Crippen molar-refractivity contribution in [3.8, 4) is 0 Å². The number of carbonyl (C=O) groups is 1. The highest BCUT2D eigenvalue weighted by Crippen LogP contribution is 2.41. The number of rotatable bonds is 3. The van der Waals surface area contributed by atoms with Crippen LogP contribution in [-0.2, 0) is 11.3 Å². The molecule has 0 saturated carbocycles. The molecular formula is C17H14N2O2S. The minimum atomic E-state index is 0.00509. The molecule has 3 aromatic rings. The van der Waals surface area contributed by atoms with Crippen LogP contribution in [0, 0.1) is 0 Å². The maximum Gasteiger partial charge on any atom is 0.234 e. The van der Waals surface area contributed by atoms with E-state index in [-0.39, 0.29) is 11.3 Å². The van der Waals surface area contributed by atoms with Gasteiger partial charge in [0.2, 0.25) is 5.91 Å². The van der Waals surface area contributed by atoms with Gasteiger partial charge in [-0.2, -0.15) is 0 Å². The van der Waals surface area contributed by atoms with Crippen molar-refractivity contribution in [2.75, 3.05) is 5.75 Å². The monoisotopic (exact) mass is 310 g/mol. The fourth-order valence-electron chi connectivity index (χ4n) is 2.79. The Morgan fingerprint density at radius 2 is 2.14 bits per heavy atom. The molecule has 1 aliphatic rings. The zero-order chi connectivity index (χ0) is 14.9. The molecule has 0 N–H and O–H groups in total. The van der Waals surface area contributed by atoms with Gasteiger partial charge in [-0.1, -0.05) is 18.2 Å². The van der Waals surface area contributed by atoms with Crippen molar-refractivity contribution in [1.29, 1.82) is 0 Å². The summed E-state index contributed by atoms with van der Waals surface area (Å²) in [6.07, 6.45) is 3.45. The minimum absolute atomic E-state index is 0.00509. The Morgan fingerprint density at radius 3 is 3.00 bits per heavy atom. The number of nitrogens with zero attached hydrogens (tertiary/aromatic N) is 2. The first-order valence-corrected chi connectivity index (χ1v) is 8.15. The Morgan fingerprint density at radius 1 is 1.23 bits per heavy atom. The lowest BCUT2D eigenvalue weighted by atomic mass is 10.1. The normalized spacial score (nSPS) is 18.3. The lowest BCUT2D eigenvalue weighted by Gasteiger charge is -2.24. The van der Waals surface area contributed by atoms with Crippen LogP contribution in [0.5, 0.6) is 0 Å². The number of aromatic nitrogens is 1. The Balaban J connectivity index is 1.74. The first kappa shape index (κ1) is 13.4. The maximum absolute atomic E-state index is 12.3. The number of benzene rings is 1. The van der Waals surface area contributed by atoms with Crippen LogP contribution < -0.4 is 0 Å². The van der Waals surface area contributed by atoms with Crippen LogP contribution in [0.3, 0.4) is 0 Å². The van der Waals surface area contributed by atoms with Gasteiger partial charge in [0, 0.05) is 11.6 Å². The molecule has 1 fully saturated rings. The van der Waals surface area contributed by atoms with Gasteiger partial charge in [-0.25, -0.2) is 0 Å². The van der Waals surface area contributed by atoms with Crippen LogP contribution in [0.4, 0.5) is 0 Å². The van der Waals surface area contributed by atoms with Gasteiger partial charge in [-0.15, -0.1) is 11.8 Å². The summed E-state index contributed by atoms with van der Waals surface area (Å²) in [5.41, 5.74) is 2.09. The first-order valence-electron chi connectivity index (χ1n) is 7.10. The van der Waals surface area contributed by atoms with Crippen molar-refractivity contribution in [1.82, 2.24) is 9.88 Å². The number of amides is 1. The molecule has 1 aliphatic heterocycles. The fourth-order valence-corrected chi connectivity index (χ4v) is 4.01. The van der Waals surface area contributed by atoms with E-state index in [9.17, 15) is 4.79 Å². The highest BCUT2D eigenvalue weighted by molar-refractivity contribution is 8.00. The predicted molar refractivity (Wildman–Crippen MR) is 86.2 cm³/mol. The third-order valence-corrected chi connectivity index (χ3v) is 5.06. The lowest BCUT2D eigenvalue weighted by molar-refractivity contribution is -0.128. The zero-order valence-electron chi connectivity index (χ0n) is 11.8. The van der Waals surface area contributed by atoms with Crippen LogP contribution >= 0.6 is 11.8 Å². The topological polar surface area (TPSA) is 46.3 Å². The van der Waals surface area contributed by atoms with Crippen molar-refractivity contribution in [2.45, 2.75) is 11.9 Å². The van der Waals surface area contributed by atoms with Crippen LogP contribution in [0.1, 0.15) is 16.7 Å². The molecule has 2 aromatic heterocycles. The largest absolute Gasteiger partial charge is 0.467 e. The second kappa shape index (κ2) is 5.50. The average Bonchev–Trinajstić information content (AvgIpc) is 3.18. The first-order chi connectivity index (χ1) is 10.8. The summed E-state index contributed by atoms with van der Waals surface area (Å²) in [5, 5.41) is 1.10. The molecule has 0 bridgehead atoms.